The van der Waals surface area contributed by atoms with Crippen LogP contribution in [-0.4, -0.2) is 35.6 Å². The van der Waals surface area contributed by atoms with E-state index in [9.17, 15) is 0 Å². The lowest BCUT2D eigenvalue weighted by molar-refractivity contribution is 0.584. The molecule has 0 spiro atoms. The molecule has 0 bridgehead atoms. The molecular formula is C20H29N5. The van der Waals surface area contributed by atoms with Gasteiger partial charge in [-0.05, 0) is 38.2 Å². The van der Waals surface area contributed by atoms with E-state index in [4.69, 9.17) is 0 Å². The van der Waals surface area contributed by atoms with Crippen molar-refractivity contribution in [2.75, 3.05) is 20.1 Å². The Morgan fingerprint density at radius 1 is 1.20 bits per heavy atom. The molecule has 134 valence electrons. The summed E-state index contributed by atoms with van der Waals surface area (Å²) in [6.45, 7) is 4.96. The fourth-order valence-electron chi connectivity index (χ4n) is 3.24. The van der Waals surface area contributed by atoms with E-state index in [0.717, 1.165) is 44.3 Å². The van der Waals surface area contributed by atoms with Crippen LogP contribution in [0.2, 0.25) is 0 Å². The molecule has 0 atom stereocenters. The van der Waals surface area contributed by atoms with Crippen LogP contribution in [0.15, 0.2) is 47.7 Å². The number of nitrogens with one attached hydrogen (secondary N) is 2. The number of aryl methyl sites for hydroxylation is 2. The van der Waals surface area contributed by atoms with E-state index < -0.39 is 0 Å². The van der Waals surface area contributed by atoms with Crippen molar-refractivity contribution in [1.29, 1.82) is 0 Å². The predicted molar refractivity (Wildman–Crippen MR) is 103 cm³/mol. The molecule has 2 aromatic rings. The Bertz CT molecular complexity index is 685. The van der Waals surface area contributed by atoms with Crippen molar-refractivity contribution >= 4 is 5.96 Å². The number of hydrogen-bond donors (Lipinski definition) is 2. The minimum absolute atomic E-state index is 0.303. The zero-order valence-electron chi connectivity index (χ0n) is 15.3. The molecule has 1 saturated carbocycles. The largest absolute Gasteiger partial charge is 0.356 e. The van der Waals surface area contributed by atoms with Crippen molar-refractivity contribution in [3.8, 4) is 0 Å². The number of aromatic nitrogens is 2. The van der Waals surface area contributed by atoms with E-state index in [-0.39, 0.29) is 0 Å². The summed E-state index contributed by atoms with van der Waals surface area (Å²) in [7, 11) is 1.84. The maximum atomic E-state index is 4.35. The molecule has 0 radical (unpaired) electrons. The second kappa shape index (κ2) is 8.19. The maximum Gasteiger partial charge on any atom is 0.191 e. The van der Waals surface area contributed by atoms with Gasteiger partial charge in [0.15, 0.2) is 5.96 Å². The Hall–Kier alpha value is -2.30. The van der Waals surface area contributed by atoms with Gasteiger partial charge in [0.2, 0.25) is 0 Å². The first-order valence-corrected chi connectivity index (χ1v) is 9.21. The second-order valence-corrected chi connectivity index (χ2v) is 6.87. The van der Waals surface area contributed by atoms with Gasteiger partial charge in [-0.15, -0.1) is 0 Å². The van der Waals surface area contributed by atoms with Gasteiger partial charge in [-0.1, -0.05) is 30.3 Å². The summed E-state index contributed by atoms with van der Waals surface area (Å²) in [5.74, 6) is 1.99. The summed E-state index contributed by atoms with van der Waals surface area (Å²) in [5, 5.41) is 6.94. The predicted octanol–water partition coefficient (Wildman–Crippen LogP) is 2.87. The van der Waals surface area contributed by atoms with Crippen LogP contribution in [0.3, 0.4) is 0 Å². The SMILES string of the molecule is CN=C(NCCCCn1ccnc1C)NCC1(c2ccccc2)CC1. The van der Waals surface area contributed by atoms with Crippen LogP contribution in [0.1, 0.15) is 37.1 Å². The second-order valence-electron chi connectivity index (χ2n) is 6.87. The molecule has 0 saturated heterocycles. The van der Waals surface area contributed by atoms with Gasteiger partial charge < -0.3 is 15.2 Å². The van der Waals surface area contributed by atoms with Crippen molar-refractivity contribution in [2.24, 2.45) is 4.99 Å². The standard InChI is InChI=1S/C20H29N5/c1-17-22-13-15-25(17)14-7-6-12-23-19(21-2)24-16-20(10-11-20)18-8-4-3-5-9-18/h3-5,8-9,13,15H,6-7,10-12,14,16H2,1-2H3,(H2,21,23,24). The first-order valence-electron chi connectivity index (χ1n) is 9.21. The molecule has 1 heterocycles. The van der Waals surface area contributed by atoms with Gasteiger partial charge in [0.1, 0.15) is 5.82 Å². The molecule has 1 aromatic carbocycles. The first kappa shape index (κ1) is 17.5. The number of aliphatic imine (C=N–C) groups is 1. The van der Waals surface area contributed by atoms with Crippen molar-refractivity contribution in [3.63, 3.8) is 0 Å². The van der Waals surface area contributed by atoms with E-state index in [2.05, 4.69) is 55.5 Å². The van der Waals surface area contributed by atoms with Crippen LogP contribution in [0, 0.1) is 6.92 Å². The zero-order valence-corrected chi connectivity index (χ0v) is 15.3. The Morgan fingerprint density at radius 2 is 2.00 bits per heavy atom. The molecule has 5 heteroatoms. The van der Waals surface area contributed by atoms with Crippen molar-refractivity contribution in [1.82, 2.24) is 20.2 Å². The number of rotatable bonds is 8. The summed E-state index contributed by atoms with van der Waals surface area (Å²) in [5.41, 5.74) is 1.74. The summed E-state index contributed by atoms with van der Waals surface area (Å²) >= 11 is 0. The molecule has 1 aliphatic rings. The van der Waals surface area contributed by atoms with E-state index in [1.807, 2.05) is 26.4 Å². The number of benzene rings is 1. The Labute approximate surface area is 150 Å². The average Bonchev–Trinajstić information content (AvgIpc) is 3.34. The fourth-order valence-corrected chi connectivity index (χ4v) is 3.24. The Morgan fingerprint density at radius 3 is 2.64 bits per heavy atom. The van der Waals surface area contributed by atoms with E-state index in [1.54, 1.807) is 0 Å². The highest BCUT2D eigenvalue weighted by Crippen LogP contribution is 2.47. The molecule has 0 amide bonds. The van der Waals surface area contributed by atoms with Crippen LogP contribution in [0.25, 0.3) is 0 Å². The van der Waals surface area contributed by atoms with Crippen LogP contribution >= 0.6 is 0 Å². The smallest absolute Gasteiger partial charge is 0.191 e. The third kappa shape index (κ3) is 4.62. The van der Waals surface area contributed by atoms with Crippen LogP contribution in [0.5, 0.6) is 0 Å². The molecule has 1 aliphatic carbocycles. The van der Waals surface area contributed by atoms with E-state index in [0.29, 0.717) is 5.41 Å². The number of unbranched alkanes of at least 4 members (excludes halogenated alkanes) is 1. The highest BCUT2D eigenvalue weighted by atomic mass is 15.2. The molecule has 1 fully saturated rings. The molecule has 0 aliphatic heterocycles. The first-order chi connectivity index (χ1) is 12.2. The number of hydrogen-bond acceptors (Lipinski definition) is 2. The van der Waals surface area contributed by atoms with Crippen molar-refractivity contribution in [3.05, 3.63) is 54.1 Å². The average molecular weight is 339 g/mol. The molecule has 1 aromatic heterocycles. The zero-order chi connectivity index (χ0) is 17.5. The summed E-state index contributed by atoms with van der Waals surface area (Å²) in [6.07, 6.45) is 8.66. The van der Waals surface area contributed by atoms with Gasteiger partial charge >= 0.3 is 0 Å². The number of guanidine groups is 1. The molecule has 2 N–H and O–H groups in total. The van der Waals surface area contributed by atoms with Crippen molar-refractivity contribution < 1.29 is 0 Å². The highest BCUT2D eigenvalue weighted by Gasteiger charge is 2.43. The van der Waals surface area contributed by atoms with Gasteiger partial charge in [-0.25, -0.2) is 4.98 Å². The molecule has 25 heavy (non-hydrogen) atoms. The molecule has 3 rings (SSSR count). The van der Waals surface area contributed by atoms with Crippen LogP contribution in [0.4, 0.5) is 0 Å². The van der Waals surface area contributed by atoms with Gasteiger partial charge in [-0.2, -0.15) is 0 Å². The minimum atomic E-state index is 0.303. The minimum Gasteiger partial charge on any atom is -0.356 e. The topological polar surface area (TPSA) is 54.2 Å². The Kier molecular flexibility index (Phi) is 5.74. The highest BCUT2D eigenvalue weighted by molar-refractivity contribution is 5.79. The molecular weight excluding hydrogens is 310 g/mol. The van der Waals surface area contributed by atoms with Crippen LogP contribution < -0.4 is 10.6 Å². The van der Waals surface area contributed by atoms with Crippen molar-refractivity contribution in [2.45, 2.75) is 44.6 Å². The molecule has 0 unspecified atom stereocenters. The fraction of sp³-hybridized carbons (Fsp3) is 0.500. The van der Waals surface area contributed by atoms with Gasteiger partial charge in [0, 0.05) is 44.5 Å². The van der Waals surface area contributed by atoms with Crippen LogP contribution in [-0.2, 0) is 12.0 Å². The number of nitrogens with zero attached hydrogens (tertiary/aromatic N) is 3. The molecule has 5 nitrogen and oxygen atoms in total. The number of imidazole rings is 1. The summed E-state index contributed by atoms with van der Waals surface area (Å²) in [6, 6.07) is 10.8. The lowest BCUT2D eigenvalue weighted by atomic mass is 9.96. The lowest BCUT2D eigenvalue weighted by Gasteiger charge is -2.19. The third-order valence-corrected chi connectivity index (χ3v) is 5.10. The Balaban J connectivity index is 1.37. The van der Waals surface area contributed by atoms with E-state index in [1.165, 1.54) is 18.4 Å². The quantitative estimate of drug-likeness (QED) is 0.442. The van der Waals surface area contributed by atoms with E-state index >= 15 is 0 Å². The van der Waals surface area contributed by atoms with Gasteiger partial charge in [0.25, 0.3) is 0 Å². The summed E-state index contributed by atoms with van der Waals surface area (Å²) in [4.78, 5) is 8.61. The monoisotopic (exact) mass is 339 g/mol. The maximum absolute atomic E-state index is 4.35. The lowest BCUT2D eigenvalue weighted by Crippen LogP contribution is -2.41. The third-order valence-electron chi connectivity index (χ3n) is 5.10. The normalized spacial score (nSPS) is 15.8. The summed E-state index contributed by atoms with van der Waals surface area (Å²) < 4.78 is 2.20. The van der Waals surface area contributed by atoms with Gasteiger partial charge in [-0.3, -0.25) is 4.99 Å². The van der Waals surface area contributed by atoms with Gasteiger partial charge in [0.05, 0.1) is 0 Å².